The number of sulfonamides is 1. The number of hydrogen-bond donors (Lipinski definition) is 2. The minimum atomic E-state index is -3.31. The maximum atomic E-state index is 11.4. The molecule has 0 heterocycles. The van der Waals surface area contributed by atoms with Crippen LogP contribution >= 0.6 is 12.6 Å². The first-order valence-electron chi connectivity index (χ1n) is 8.95. The van der Waals surface area contributed by atoms with Crippen LogP contribution in [-0.2, 0) is 20.2 Å². The van der Waals surface area contributed by atoms with E-state index in [1.807, 2.05) is 19.1 Å². The molecule has 0 bridgehead atoms. The summed E-state index contributed by atoms with van der Waals surface area (Å²) < 4.78 is 36.4. The summed E-state index contributed by atoms with van der Waals surface area (Å²) in [6, 6.07) is 11.4. The monoisotopic (exact) mass is 423 g/mol. The Morgan fingerprint density at radius 2 is 1.71 bits per heavy atom. The fourth-order valence-electron chi connectivity index (χ4n) is 3.06. The molecule has 0 aliphatic heterocycles. The number of rotatable bonds is 7. The summed E-state index contributed by atoms with van der Waals surface area (Å²) in [6.45, 7) is 8.61. The largest absolute Gasteiger partial charge is 0.467 e. The van der Waals surface area contributed by atoms with E-state index in [9.17, 15) is 8.42 Å². The predicted molar refractivity (Wildman–Crippen MR) is 118 cm³/mol. The van der Waals surface area contributed by atoms with Gasteiger partial charge in [0.05, 0.1) is 11.5 Å². The molecule has 5 nitrogen and oxygen atoms in total. The number of thiol groups is 1. The molecule has 2 aromatic rings. The number of ether oxygens (including phenoxy) is 2. The van der Waals surface area contributed by atoms with Gasteiger partial charge in [-0.2, -0.15) is 12.6 Å². The number of hydrogen-bond acceptors (Lipinski definition) is 5. The number of aryl methyl sites for hydroxylation is 1. The van der Waals surface area contributed by atoms with Crippen molar-refractivity contribution in [2.75, 3.05) is 24.9 Å². The summed E-state index contributed by atoms with van der Waals surface area (Å²) in [7, 11) is -1.72. The number of nitrogens with one attached hydrogen (secondary N) is 1. The van der Waals surface area contributed by atoms with Crippen LogP contribution in [0.15, 0.2) is 36.4 Å². The van der Waals surface area contributed by atoms with Crippen molar-refractivity contribution in [1.29, 1.82) is 0 Å². The van der Waals surface area contributed by atoms with E-state index in [0.717, 1.165) is 34.3 Å². The van der Waals surface area contributed by atoms with Gasteiger partial charge in [0.15, 0.2) is 6.79 Å². The lowest BCUT2D eigenvalue weighted by Crippen LogP contribution is -2.17. The van der Waals surface area contributed by atoms with E-state index in [1.165, 1.54) is 0 Å². The molecule has 0 fully saturated rings. The van der Waals surface area contributed by atoms with Gasteiger partial charge in [-0.05, 0) is 41.2 Å². The molecule has 2 rings (SSSR count). The first-order chi connectivity index (χ1) is 12.9. The van der Waals surface area contributed by atoms with Gasteiger partial charge in [0.2, 0.25) is 10.0 Å². The Hall–Kier alpha value is -1.70. The van der Waals surface area contributed by atoms with E-state index in [0.29, 0.717) is 5.69 Å². The van der Waals surface area contributed by atoms with Crippen molar-refractivity contribution in [2.45, 2.75) is 38.4 Å². The van der Waals surface area contributed by atoms with E-state index in [2.05, 4.69) is 37.6 Å². The molecule has 0 saturated heterocycles. The first kappa shape index (κ1) is 22.6. The Balaban J connectivity index is 2.53. The number of methoxy groups -OCH3 is 1. The zero-order chi connectivity index (χ0) is 21.1. The zero-order valence-corrected chi connectivity index (χ0v) is 18.9. The van der Waals surface area contributed by atoms with Crippen LogP contribution in [0.25, 0.3) is 0 Å². The summed E-state index contributed by atoms with van der Waals surface area (Å²) in [5, 5.41) is -0.242. The van der Waals surface area contributed by atoms with Crippen molar-refractivity contribution >= 4 is 28.3 Å². The van der Waals surface area contributed by atoms with Crippen molar-refractivity contribution in [3.63, 3.8) is 0 Å². The maximum Gasteiger partial charge on any atom is 0.229 e. The van der Waals surface area contributed by atoms with Crippen LogP contribution in [-0.4, -0.2) is 28.6 Å². The lowest BCUT2D eigenvalue weighted by molar-refractivity contribution is 0.0498. The van der Waals surface area contributed by atoms with E-state index in [4.69, 9.17) is 22.1 Å². The maximum absolute atomic E-state index is 11.4. The minimum Gasteiger partial charge on any atom is -0.467 e. The molecule has 2 aromatic carbocycles. The first-order valence-corrected chi connectivity index (χ1v) is 11.4. The Labute approximate surface area is 173 Å². The van der Waals surface area contributed by atoms with Crippen molar-refractivity contribution in [2.24, 2.45) is 0 Å². The van der Waals surface area contributed by atoms with Gasteiger partial charge >= 0.3 is 0 Å². The molecule has 1 unspecified atom stereocenters. The van der Waals surface area contributed by atoms with E-state index < -0.39 is 10.0 Å². The molecular formula is C21H29NO4S2. The van der Waals surface area contributed by atoms with Gasteiger partial charge in [-0.25, -0.2) is 8.42 Å². The smallest absolute Gasteiger partial charge is 0.229 e. The van der Waals surface area contributed by atoms with Crippen molar-refractivity contribution in [1.82, 2.24) is 0 Å². The highest BCUT2D eigenvalue weighted by atomic mass is 32.2. The van der Waals surface area contributed by atoms with Crippen LogP contribution < -0.4 is 9.46 Å². The highest BCUT2D eigenvalue weighted by Gasteiger charge is 2.27. The second-order valence-corrected chi connectivity index (χ2v) is 10.1. The van der Waals surface area contributed by atoms with Crippen LogP contribution in [0.3, 0.4) is 0 Å². The minimum absolute atomic E-state index is 0.104. The van der Waals surface area contributed by atoms with Crippen LogP contribution in [0.2, 0.25) is 0 Å². The van der Waals surface area contributed by atoms with E-state index in [1.54, 1.807) is 19.2 Å². The molecule has 0 aromatic heterocycles. The highest BCUT2D eigenvalue weighted by Crippen LogP contribution is 2.43. The molecule has 1 N–H and O–H groups in total. The molecule has 0 spiro atoms. The summed E-state index contributed by atoms with van der Waals surface area (Å²) >= 11 is 4.91. The second-order valence-electron chi connectivity index (χ2n) is 7.87. The average molecular weight is 424 g/mol. The third-order valence-corrected chi connectivity index (χ3v) is 5.49. The topological polar surface area (TPSA) is 64.6 Å². The molecule has 7 heteroatoms. The van der Waals surface area contributed by atoms with Gasteiger partial charge in [0.25, 0.3) is 0 Å². The van der Waals surface area contributed by atoms with Crippen molar-refractivity contribution < 1.29 is 17.9 Å². The van der Waals surface area contributed by atoms with Gasteiger partial charge in [0.1, 0.15) is 5.75 Å². The molecule has 1 atom stereocenters. The Morgan fingerprint density at radius 3 is 2.21 bits per heavy atom. The normalized spacial score (nSPS) is 13.2. The SMILES string of the molecule is COCOc1c(C)ccc(C(C)(C)C)c1C(S)c1ccc(NS(C)(=O)=O)cc1. The summed E-state index contributed by atoms with van der Waals surface area (Å²) in [5.74, 6) is 0.771. The van der Waals surface area contributed by atoms with Crippen LogP contribution in [0, 0.1) is 6.92 Å². The molecule has 154 valence electrons. The Kier molecular flexibility index (Phi) is 7.07. The van der Waals surface area contributed by atoms with Crippen LogP contribution in [0.4, 0.5) is 5.69 Å². The third-order valence-electron chi connectivity index (χ3n) is 4.33. The Bertz CT molecular complexity index is 917. The standard InChI is InChI=1S/C21H29NO4S2/c1-14-7-12-17(21(2,3)4)18(19(14)26-13-25-5)20(27)15-8-10-16(11-9-15)22-28(6,23)24/h7-12,20,22,27H,13H2,1-6H3. The summed E-state index contributed by atoms with van der Waals surface area (Å²) in [4.78, 5) is 0. The molecular weight excluding hydrogens is 394 g/mol. The average Bonchev–Trinajstić information content (AvgIpc) is 2.58. The fourth-order valence-corrected chi connectivity index (χ4v) is 4.05. The van der Waals surface area contributed by atoms with Gasteiger partial charge in [0, 0.05) is 18.4 Å². The lowest BCUT2D eigenvalue weighted by atomic mass is 9.80. The molecule has 28 heavy (non-hydrogen) atoms. The van der Waals surface area contributed by atoms with E-state index >= 15 is 0 Å². The molecule has 0 aliphatic rings. The summed E-state index contributed by atoms with van der Waals surface area (Å²) in [6.07, 6.45) is 1.13. The van der Waals surface area contributed by atoms with Crippen LogP contribution in [0.5, 0.6) is 5.75 Å². The number of benzene rings is 2. The van der Waals surface area contributed by atoms with Crippen molar-refractivity contribution in [3.05, 3.63) is 58.7 Å². The van der Waals surface area contributed by atoms with E-state index in [-0.39, 0.29) is 17.5 Å². The van der Waals surface area contributed by atoms with Gasteiger partial charge in [-0.1, -0.05) is 45.0 Å². The second kappa shape index (κ2) is 8.76. The summed E-state index contributed by atoms with van der Waals surface area (Å²) in [5.41, 5.74) is 4.50. The highest BCUT2D eigenvalue weighted by molar-refractivity contribution is 7.92. The molecule has 0 saturated carbocycles. The van der Waals surface area contributed by atoms with Crippen molar-refractivity contribution in [3.8, 4) is 5.75 Å². The molecule has 0 amide bonds. The van der Waals surface area contributed by atoms with Crippen LogP contribution in [0.1, 0.15) is 48.3 Å². The fraction of sp³-hybridized carbons (Fsp3) is 0.429. The quantitative estimate of drug-likeness (QED) is 0.502. The van der Waals surface area contributed by atoms with Gasteiger partial charge < -0.3 is 9.47 Å². The van der Waals surface area contributed by atoms with Gasteiger partial charge in [-0.15, -0.1) is 0 Å². The molecule has 0 radical (unpaired) electrons. The third kappa shape index (κ3) is 5.65. The Morgan fingerprint density at radius 1 is 1.11 bits per heavy atom. The lowest BCUT2D eigenvalue weighted by Gasteiger charge is -2.29. The predicted octanol–water partition coefficient (Wildman–Crippen LogP) is 4.67. The van der Waals surface area contributed by atoms with Gasteiger partial charge in [-0.3, -0.25) is 4.72 Å². The number of anilines is 1. The zero-order valence-electron chi connectivity index (χ0n) is 17.2. The molecule has 0 aliphatic carbocycles.